The van der Waals surface area contributed by atoms with Gasteiger partial charge in [0.2, 0.25) is 5.91 Å². The first kappa shape index (κ1) is 20.9. The highest BCUT2D eigenvalue weighted by Crippen LogP contribution is 2.31. The molecule has 0 unspecified atom stereocenters. The number of carbonyl (C=O) groups excluding carboxylic acids is 1. The van der Waals surface area contributed by atoms with Gasteiger partial charge in [-0.05, 0) is 29.8 Å². The molecule has 0 radical (unpaired) electrons. The Morgan fingerprint density at radius 1 is 1.17 bits per heavy atom. The number of aromatic nitrogens is 1. The van der Waals surface area contributed by atoms with Crippen molar-refractivity contribution in [3.05, 3.63) is 70.7 Å². The van der Waals surface area contributed by atoms with Crippen LogP contribution in [0.25, 0.3) is 10.6 Å². The van der Waals surface area contributed by atoms with Gasteiger partial charge in [0, 0.05) is 24.5 Å². The number of hydrogen-bond donors (Lipinski definition) is 0. The summed E-state index contributed by atoms with van der Waals surface area (Å²) < 4.78 is 43.2. The van der Waals surface area contributed by atoms with Gasteiger partial charge in [0.1, 0.15) is 10.8 Å². The van der Waals surface area contributed by atoms with Crippen LogP contribution in [0.2, 0.25) is 0 Å². The number of alkyl halides is 3. The summed E-state index contributed by atoms with van der Waals surface area (Å²) in [6.07, 6.45) is -4.25. The Morgan fingerprint density at radius 3 is 2.55 bits per heavy atom. The van der Waals surface area contributed by atoms with Crippen LogP contribution in [0.1, 0.15) is 16.8 Å². The lowest BCUT2D eigenvalue weighted by Crippen LogP contribution is -2.27. The molecule has 1 heterocycles. The van der Waals surface area contributed by atoms with Crippen molar-refractivity contribution in [2.45, 2.75) is 19.1 Å². The van der Waals surface area contributed by atoms with E-state index in [2.05, 4.69) is 4.98 Å². The number of nitrogens with zero attached hydrogens (tertiary/aromatic N) is 2. The standard InChI is InChI=1S/C21H19F3N2O2S/c1-26(12-14-4-3-5-18(10-14)28-2)19(27)11-17-13-29-20(25-17)15-6-8-16(9-7-15)21(22,23)24/h3-10,13H,11-12H2,1-2H3. The van der Waals surface area contributed by atoms with Crippen molar-refractivity contribution >= 4 is 17.2 Å². The molecular weight excluding hydrogens is 401 g/mol. The van der Waals surface area contributed by atoms with Crippen molar-refractivity contribution in [2.75, 3.05) is 14.2 Å². The number of hydrogen-bond acceptors (Lipinski definition) is 4. The predicted molar refractivity (Wildman–Crippen MR) is 106 cm³/mol. The van der Waals surface area contributed by atoms with Crippen molar-refractivity contribution in [1.82, 2.24) is 9.88 Å². The number of thiazole rings is 1. The predicted octanol–water partition coefficient (Wildman–Crippen LogP) is 5.04. The fraction of sp³-hybridized carbons (Fsp3) is 0.238. The Hall–Kier alpha value is -2.87. The second kappa shape index (κ2) is 8.65. The molecule has 3 aromatic rings. The molecule has 1 aromatic heterocycles. The SMILES string of the molecule is COc1cccc(CN(C)C(=O)Cc2csc(-c3ccc(C(F)(F)F)cc3)n2)c1. The Kier molecular flexibility index (Phi) is 6.22. The fourth-order valence-electron chi connectivity index (χ4n) is 2.75. The fourth-order valence-corrected chi connectivity index (χ4v) is 3.57. The molecule has 0 saturated heterocycles. The molecular formula is C21H19F3N2O2S. The van der Waals surface area contributed by atoms with Crippen LogP contribution in [-0.2, 0) is 23.9 Å². The molecule has 0 aliphatic carbocycles. The average Bonchev–Trinajstić information content (AvgIpc) is 3.16. The van der Waals surface area contributed by atoms with E-state index in [1.165, 1.54) is 23.5 Å². The highest BCUT2D eigenvalue weighted by atomic mass is 32.1. The van der Waals surface area contributed by atoms with Gasteiger partial charge < -0.3 is 9.64 Å². The number of carbonyl (C=O) groups is 1. The molecule has 3 rings (SSSR count). The van der Waals surface area contributed by atoms with Crippen molar-refractivity contribution in [3.8, 4) is 16.3 Å². The Bertz CT molecular complexity index is 984. The number of halogens is 3. The van der Waals surface area contributed by atoms with Crippen molar-refractivity contribution in [2.24, 2.45) is 0 Å². The minimum atomic E-state index is -4.37. The summed E-state index contributed by atoms with van der Waals surface area (Å²) in [6.45, 7) is 0.436. The molecule has 0 aliphatic heterocycles. The highest BCUT2D eigenvalue weighted by molar-refractivity contribution is 7.13. The second-order valence-electron chi connectivity index (χ2n) is 6.50. The van der Waals surface area contributed by atoms with Crippen LogP contribution in [0, 0.1) is 0 Å². The van der Waals surface area contributed by atoms with Crippen molar-refractivity contribution in [1.29, 1.82) is 0 Å². The second-order valence-corrected chi connectivity index (χ2v) is 7.36. The van der Waals surface area contributed by atoms with E-state index in [0.717, 1.165) is 23.4 Å². The van der Waals surface area contributed by atoms with Crippen LogP contribution >= 0.6 is 11.3 Å². The molecule has 29 heavy (non-hydrogen) atoms. The topological polar surface area (TPSA) is 42.4 Å². The van der Waals surface area contributed by atoms with Crippen LogP contribution in [0.5, 0.6) is 5.75 Å². The van der Waals surface area contributed by atoms with Gasteiger partial charge in [-0.25, -0.2) is 4.98 Å². The lowest BCUT2D eigenvalue weighted by atomic mass is 10.1. The summed E-state index contributed by atoms with van der Waals surface area (Å²) in [5, 5.41) is 2.33. The van der Waals surface area contributed by atoms with Crippen LogP contribution in [-0.4, -0.2) is 29.9 Å². The molecule has 0 N–H and O–H groups in total. The largest absolute Gasteiger partial charge is 0.497 e. The summed E-state index contributed by atoms with van der Waals surface area (Å²) in [5.74, 6) is 0.626. The maximum Gasteiger partial charge on any atom is 0.416 e. The smallest absolute Gasteiger partial charge is 0.416 e. The van der Waals surface area contributed by atoms with E-state index >= 15 is 0 Å². The lowest BCUT2D eigenvalue weighted by molar-refractivity contribution is -0.137. The first-order chi connectivity index (χ1) is 13.8. The van der Waals surface area contributed by atoms with Gasteiger partial charge in [-0.2, -0.15) is 13.2 Å². The number of methoxy groups -OCH3 is 1. The molecule has 0 bridgehead atoms. The van der Waals surface area contributed by atoms with Crippen LogP contribution in [0.4, 0.5) is 13.2 Å². The molecule has 0 spiro atoms. The van der Waals surface area contributed by atoms with Gasteiger partial charge in [-0.1, -0.05) is 24.3 Å². The monoisotopic (exact) mass is 420 g/mol. The van der Waals surface area contributed by atoms with Crippen molar-refractivity contribution < 1.29 is 22.7 Å². The van der Waals surface area contributed by atoms with Crippen LogP contribution < -0.4 is 4.74 Å². The first-order valence-corrected chi connectivity index (χ1v) is 9.63. The molecule has 4 nitrogen and oxygen atoms in total. The molecule has 2 aromatic carbocycles. The zero-order valence-electron chi connectivity index (χ0n) is 15.9. The summed E-state index contributed by atoms with van der Waals surface area (Å²) in [5.41, 5.74) is 1.43. The molecule has 152 valence electrons. The van der Waals surface area contributed by atoms with Gasteiger partial charge in [0.25, 0.3) is 0 Å². The van der Waals surface area contributed by atoms with Gasteiger partial charge >= 0.3 is 6.18 Å². The maximum absolute atomic E-state index is 12.7. The average molecular weight is 420 g/mol. The van der Waals surface area contributed by atoms with Crippen LogP contribution in [0.15, 0.2) is 53.9 Å². The third-order valence-corrected chi connectivity index (χ3v) is 5.26. The zero-order valence-corrected chi connectivity index (χ0v) is 16.7. The van der Waals surface area contributed by atoms with E-state index in [-0.39, 0.29) is 12.3 Å². The van der Waals surface area contributed by atoms with Crippen LogP contribution in [0.3, 0.4) is 0 Å². The zero-order chi connectivity index (χ0) is 21.0. The van der Waals surface area contributed by atoms with Gasteiger partial charge in [0.05, 0.1) is 24.8 Å². The third kappa shape index (κ3) is 5.35. The summed E-state index contributed by atoms with van der Waals surface area (Å²) in [6, 6.07) is 12.3. The Balaban J connectivity index is 1.63. The first-order valence-electron chi connectivity index (χ1n) is 8.75. The maximum atomic E-state index is 12.7. The molecule has 1 amide bonds. The van der Waals surface area contributed by atoms with E-state index in [1.54, 1.807) is 24.4 Å². The number of ether oxygens (including phenoxy) is 1. The van der Waals surface area contributed by atoms with Gasteiger partial charge in [0.15, 0.2) is 0 Å². The highest BCUT2D eigenvalue weighted by Gasteiger charge is 2.30. The summed E-state index contributed by atoms with van der Waals surface area (Å²) in [4.78, 5) is 18.5. The number of likely N-dealkylation sites (N-methyl/N-ethyl adjacent to an activating group) is 1. The molecule has 8 heteroatoms. The number of amides is 1. The van der Waals surface area contributed by atoms with E-state index in [9.17, 15) is 18.0 Å². The van der Waals surface area contributed by atoms with E-state index in [4.69, 9.17) is 4.74 Å². The Labute approximate surface area is 170 Å². The minimum Gasteiger partial charge on any atom is -0.497 e. The molecule has 0 atom stereocenters. The molecule has 0 saturated carbocycles. The quantitative estimate of drug-likeness (QED) is 0.561. The van der Waals surface area contributed by atoms with Crippen molar-refractivity contribution in [3.63, 3.8) is 0 Å². The van der Waals surface area contributed by atoms with E-state index in [1.807, 2.05) is 24.3 Å². The normalized spacial score (nSPS) is 11.3. The van der Waals surface area contributed by atoms with E-state index < -0.39 is 11.7 Å². The van der Waals surface area contributed by atoms with Gasteiger partial charge in [-0.3, -0.25) is 4.79 Å². The number of rotatable bonds is 6. The molecule has 0 fully saturated rings. The third-order valence-electron chi connectivity index (χ3n) is 4.32. The van der Waals surface area contributed by atoms with E-state index in [0.29, 0.717) is 22.8 Å². The van der Waals surface area contributed by atoms with Gasteiger partial charge in [-0.15, -0.1) is 11.3 Å². The summed E-state index contributed by atoms with van der Waals surface area (Å²) in [7, 11) is 3.30. The lowest BCUT2D eigenvalue weighted by Gasteiger charge is -2.17. The minimum absolute atomic E-state index is 0.0999. The number of benzene rings is 2. The summed E-state index contributed by atoms with van der Waals surface area (Å²) >= 11 is 1.30. The Morgan fingerprint density at radius 2 is 1.90 bits per heavy atom. The molecule has 0 aliphatic rings.